The molecule has 0 spiro atoms. The van der Waals surface area contributed by atoms with Gasteiger partial charge in [0.1, 0.15) is 0 Å². The number of amides is 1. The summed E-state index contributed by atoms with van der Waals surface area (Å²) < 4.78 is 5.40. The minimum absolute atomic E-state index is 0.0772. The Kier molecular flexibility index (Phi) is 4.47. The number of hydrogen-bond donors (Lipinski definition) is 2. The maximum atomic E-state index is 11.9. The van der Waals surface area contributed by atoms with Gasteiger partial charge in [-0.15, -0.1) is 10.2 Å². The molecule has 1 atom stereocenters. The van der Waals surface area contributed by atoms with Gasteiger partial charge in [-0.3, -0.25) is 4.79 Å². The van der Waals surface area contributed by atoms with Crippen LogP contribution < -0.4 is 11.1 Å². The molecule has 1 unspecified atom stereocenters. The number of aryl methyl sites for hydroxylation is 1. The Morgan fingerprint density at radius 3 is 2.80 bits per heavy atom. The SMILES string of the molecule is Cc1nnc(-c2ccccc2NC(=O)CC(C)CN)o1. The van der Waals surface area contributed by atoms with Crippen molar-refractivity contribution in [2.75, 3.05) is 11.9 Å². The average Bonchev–Trinajstić information content (AvgIpc) is 2.85. The van der Waals surface area contributed by atoms with E-state index in [1.807, 2.05) is 25.1 Å². The van der Waals surface area contributed by atoms with E-state index in [9.17, 15) is 4.79 Å². The summed E-state index contributed by atoms with van der Waals surface area (Å²) >= 11 is 0. The van der Waals surface area contributed by atoms with Crippen molar-refractivity contribution in [1.29, 1.82) is 0 Å². The van der Waals surface area contributed by atoms with Gasteiger partial charge in [0, 0.05) is 13.3 Å². The summed E-state index contributed by atoms with van der Waals surface area (Å²) in [7, 11) is 0. The Morgan fingerprint density at radius 1 is 1.40 bits per heavy atom. The van der Waals surface area contributed by atoms with Crippen molar-refractivity contribution < 1.29 is 9.21 Å². The molecule has 0 fully saturated rings. The first-order valence-corrected chi connectivity index (χ1v) is 6.49. The van der Waals surface area contributed by atoms with Crippen LogP contribution in [0.2, 0.25) is 0 Å². The van der Waals surface area contributed by atoms with Gasteiger partial charge in [0.05, 0.1) is 11.3 Å². The molecule has 3 N–H and O–H groups in total. The topological polar surface area (TPSA) is 94.0 Å². The molecule has 1 amide bonds. The molecule has 0 saturated heterocycles. The fraction of sp³-hybridized carbons (Fsp3) is 0.357. The fourth-order valence-electron chi connectivity index (χ4n) is 1.79. The number of carbonyl (C=O) groups is 1. The molecule has 2 aromatic rings. The predicted molar refractivity (Wildman–Crippen MR) is 75.9 cm³/mol. The summed E-state index contributed by atoms with van der Waals surface area (Å²) in [5, 5.41) is 10.6. The second-order valence-corrected chi connectivity index (χ2v) is 4.76. The third kappa shape index (κ3) is 3.42. The van der Waals surface area contributed by atoms with Crippen molar-refractivity contribution in [3.63, 3.8) is 0 Å². The standard InChI is InChI=1S/C14H18N4O2/c1-9(8-15)7-13(19)16-12-6-4-3-5-11(12)14-18-17-10(2)20-14/h3-6,9H,7-8,15H2,1-2H3,(H,16,19). The normalized spacial score (nSPS) is 12.2. The van der Waals surface area contributed by atoms with Crippen molar-refractivity contribution in [1.82, 2.24) is 10.2 Å². The Morgan fingerprint density at radius 2 is 2.15 bits per heavy atom. The quantitative estimate of drug-likeness (QED) is 0.869. The van der Waals surface area contributed by atoms with E-state index in [-0.39, 0.29) is 11.8 Å². The van der Waals surface area contributed by atoms with Crippen LogP contribution in [0.4, 0.5) is 5.69 Å². The van der Waals surface area contributed by atoms with Crippen LogP contribution in [0.5, 0.6) is 0 Å². The molecule has 0 aliphatic heterocycles. The number of nitrogens with two attached hydrogens (primary N) is 1. The highest BCUT2D eigenvalue weighted by molar-refractivity contribution is 5.94. The summed E-state index contributed by atoms with van der Waals surface area (Å²) in [6.45, 7) is 4.14. The molecule has 20 heavy (non-hydrogen) atoms. The third-order valence-electron chi connectivity index (χ3n) is 2.89. The number of nitrogens with one attached hydrogen (secondary N) is 1. The maximum absolute atomic E-state index is 11.9. The van der Waals surface area contributed by atoms with E-state index in [1.165, 1.54) is 0 Å². The number of rotatable bonds is 5. The van der Waals surface area contributed by atoms with Gasteiger partial charge in [-0.2, -0.15) is 0 Å². The van der Waals surface area contributed by atoms with Crippen LogP contribution in [-0.4, -0.2) is 22.6 Å². The van der Waals surface area contributed by atoms with Crippen molar-refractivity contribution in [3.05, 3.63) is 30.2 Å². The highest BCUT2D eigenvalue weighted by Gasteiger charge is 2.14. The molecule has 0 bridgehead atoms. The monoisotopic (exact) mass is 274 g/mol. The van der Waals surface area contributed by atoms with Crippen molar-refractivity contribution >= 4 is 11.6 Å². The van der Waals surface area contributed by atoms with Crippen molar-refractivity contribution in [3.8, 4) is 11.5 Å². The highest BCUT2D eigenvalue weighted by Crippen LogP contribution is 2.26. The van der Waals surface area contributed by atoms with Crippen LogP contribution in [-0.2, 0) is 4.79 Å². The lowest BCUT2D eigenvalue weighted by Gasteiger charge is -2.11. The van der Waals surface area contributed by atoms with Crippen LogP contribution in [0, 0.1) is 12.8 Å². The van der Waals surface area contributed by atoms with E-state index in [4.69, 9.17) is 10.2 Å². The maximum Gasteiger partial charge on any atom is 0.249 e. The zero-order valence-electron chi connectivity index (χ0n) is 11.6. The van der Waals surface area contributed by atoms with Crippen LogP contribution >= 0.6 is 0 Å². The highest BCUT2D eigenvalue weighted by atomic mass is 16.4. The van der Waals surface area contributed by atoms with Gasteiger partial charge in [-0.05, 0) is 24.6 Å². The first-order valence-electron chi connectivity index (χ1n) is 6.49. The lowest BCUT2D eigenvalue weighted by molar-refractivity contribution is -0.116. The number of aromatic nitrogens is 2. The van der Waals surface area contributed by atoms with E-state index in [0.717, 1.165) is 0 Å². The van der Waals surface area contributed by atoms with Gasteiger partial charge < -0.3 is 15.5 Å². The van der Waals surface area contributed by atoms with Crippen molar-refractivity contribution in [2.45, 2.75) is 20.3 Å². The molecule has 0 aliphatic rings. The average molecular weight is 274 g/mol. The molecule has 1 aromatic carbocycles. The number of para-hydroxylation sites is 1. The van der Waals surface area contributed by atoms with Gasteiger partial charge in [0.25, 0.3) is 0 Å². The molecule has 1 aromatic heterocycles. The van der Waals surface area contributed by atoms with Crippen LogP contribution in [0.25, 0.3) is 11.5 Å². The number of benzene rings is 1. The Hall–Kier alpha value is -2.21. The molecule has 0 radical (unpaired) electrons. The molecule has 0 aliphatic carbocycles. The first-order chi connectivity index (χ1) is 9.60. The Balaban J connectivity index is 2.18. The number of anilines is 1. The zero-order valence-corrected chi connectivity index (χ0v) is 11.6. The minimum Gasteiger partial charge on any atom is -0.421 e. The van der Waals surface area contributed by atoms with E-state index in [1.54, 1.807) is 13.0 Å². The van der Waals surface area contributed by atoms with Gasteiger partial charge in [-0.1, -0.05) is 19.1 Å². The fourth-order valence-corrected chi connectivity index (χ4v) is 1.79. The van der Waals surface area contributed by atoms with Gasteiger partial charge >= 0.3 is 0 Å². The van der Waals surface area contributed by atoms with Crippen molar-refractivity contribution in [2.24, 2.45) is 11.7 Å². The first kappa shape index (κ1) is 14.2. The van der Waals surface area contributed by atoms with Gasteiger partial charge in [0.2, 0.25) is 17.7 Å². The Labute approximate surface area is 117 Å². The zero-order chi connectivity index (χ0) is 14.5. The lowest BCUT2D eigenvalue weighted by atomic mass is 10.1. The summed E-state index contributed by atoms with van der Waals surface area (Å²) in [5.41, 5.74) is 6.89. The Bertz CT molecular complexity index is 594. The number of carbonyl (C=O) groups excluding carboxylic acids is 1. The smallest absolute Gasteiger partial charge is 0.249 e. The minimum atomic E-state index is -0.0772. The van der Waals surface area contributed by atoms with Gasteiger partial charge in [-0.25, -0.2) is 0 Å². The van der Waals surface area contributed by atoms with E-state index >= 15 is 0 Å². The molecular formula is C14H18N4O2. The predicted octanol–water partition coefficient (Wildman–Crippen LogP) is 1.97. The molecule has 106 valence electrons. The van der Waals surface area contributed by atoms with Crippen LogP contribution in [0.3, 0.4) is 0 Å². The molecule has 0 saturated carbocycles. The largest absolute Gasteiger partial charge is 0.421 e. The third-order valence-corrected chi connectivity index (χ3v) is 2.89. The van der Waals surface area contributed by atoms with Gasteiger partial charge in [0.15, 0.2) is 0 Å². The van der Waals surface area contributed by atoms with Crippen LogP contribution in [0.1, 0.15) is 19.2 Å². The summed E-state index contributed by atoms with van der Waals surface area (Å²) in [6.07, 6.45) is 0.383. The molecular weight excluding hydrogens is 256 g/mol. The molecule has 6 heteroatoms. The lowest BCUT2D eigenvalue weighted by Crippen LogP contribution is -2.20. The van der Waals surface area contributed by atoms with E-state index in [0.29, 0.717) is 36.0 Å². The molecule has 6 nitrogen and oxygen atoms in total. The second kappa shape index (κ2) is 6.29. The number of nitrogens with zero attached hydrogens (tertiary/aromatic N) is 2. The molecule has 1 heterocycles. The van der Waals surface area contributed by atoms with E-state index < -0.39 is 0 Å². The van der Waals surface area contributed by atoms with E-state index in [2.05, 4.69) is 15.5 Å². The van der Waals surface area contributed by atoms with Crippen LogP contribution in [0.15, 0.2) is 28.7 Å². The summed E-state index contributed by atoms with van der Waals surface area (Å²) in [5.74, 6) is 0.947. The molecule has 2 rings (SSSR count). The number of hydrogen-bond acceptors (Lipinski definition) is 5. The summed E-state index contributed by atoms with van der Waals surface area (Å²) in [6, 6.07) is 7.33. The summed E-state index contributed by atoms with van der Waals surface area (Å²) in [4.78, 5) is 11.9. The second-order valence-electron chi connectivity index (χ2n) is 4.76.